The maximum absolute atomic E-state index is 12.3. The highest BCUT2D eigenvalue weighted by Gasteiger charge is 2.15. The van der Waals surface area contributed by atoms with Gasteiger partial charge >= 0.3 is 5.69 Å². The summed E-state index contributed by atoms with van der Waals surface area (Å²) in [5, 5.41) is 28.2. The van der Waals surface area contributed by atoms with Gasteiger partial charge in [-0.1, -0.05) is 12.1 Å². The molecule has 0 bridgehead atoms. The van der Waals surface area contributed by atoms with Gasteiger partial charge in [-0.2, -0.15) is 5.10 Å². The van der Waals surface area contributed by atoms with E-state index in [2.05, 4.69) is 10.4 Å². The first kappa shape index (κ1) is 20.5. The Morgan fingerprint density at radius 2 is 1.83 bits per heavy atom. The summed E-state index contributed by atoms with van der Waals surface area (Å²) in [5.41, 5.74) is 1.45. The van der Waals surface area contributed by atoms with Crippen LogP contribution in [0.25, 0.3) is 0 Å². The topological polar surface area (TPSA) is 142 Å². The van der Waals surface area contributed by atoms with Gasteiger partial charge in [0.1, 0.15) is 30.4 Å². The van der Waals surface area contributed by atoms with Crippen LogP contribution in [0.15, 0.2) is 48.8 Å². The standard InChI is InChI=1S/C19H17N5O6/c1-12-3-4-13(2)18(5-12)30-17-7-14(6-15(8-17)23(26)27)21-19(25)11-22-10-16(9-20-22)24(28)29/h3-10H,11H2,1-2H3,(H,21,25). The molecule has 1 amide bonds. The maximum atomic E-state index is 12.3. The Bertz CT molecular complexity index is 1140. The van der Waals surface area contributed by atoms with Crippen LogP contribution in [-0.2, 0) is 11.3 Å². The summed E-state index contributed by atoms with van der Waals surface area (Å²) in [5.74, 6) is 0.158. The Kier molecular flexibility index (Phi) is 5.72. The minimum absolute atomic E-state index is 0.149. The van der Waals surface area contributed by atoms with Crippen molar-refractivity contribution in [2.24, 2.45) is 0 Å². The normalized spacial score (nSPS) is 10.5. The third-order valence-electron chi connectivity index (χ3n) is 4.09. The smallest absolute Gasteiger partial charge is 0.307 e. The van der Waals surface area contributed by atoms with Gasteiger partial charge in [0.15, 0.2) is 0 Å². The maximum Gasteiger partial charge on any atom is 0.307 e. The van der Waals surface area contributed by atoms with Gasteiger partial charge in [0.05, 0.1) is 21.6 Å². The summed E-state index contributed by atoms with van der Waals surface area (Å²) >= 11 is 0. The van der Waals surface area contributed by atoms with Crippen molar-refractivity contribution < 1.29 is 19.4 Å². The number of nitrogens with one attached hydrogen (secondary N) is 1. The number of hydrogen-bond donors (Lipinski definition) is 1. The average Bonchev–Trinajstić information content (AvgIpc) is 3.13. The second kappa shape index (κ2) is 8.39. The minimum atomic E-state index is -0.626. The van der Waals surface area contributed by atoms with E-state index in [-0.39, 0.29) is 29.4 Å². The monoisotopic (exact) mass is 411 g/mol. The van der Waals surface area contributed by atoms with Gasteiger partial charge < -0.3 is 10.1 Å². The summed E-state index contributed by atoms with van der Waals surface area (Å²) in [7, 11) is 0. The van der Waals surface area contributed by atoms with Crippen molar-refractivity contribution >= 4 is 23.0 Å². The van der Waals surface area contributed by atoms with Crippen molar-refractivity contribution in [2.45, 2.75) is 20.4 Å². The summed E-state index contributed by atoms with van der Waals surface area (Å²) < 4.78 is 6.90. The fourth-order valence-electron chi connectivity index (χ4n) is 2.65. The number of rotatable bonds is 7. The van der Waals surface area contributed by atoms with Crippen LogP contribution in [-0.4, -0.2) is 25.5 Å². The third kappa shape index (κ3) is 4.95. The van der Waals surface area contributed by atoms with Gasteiger partial charge in [0.25, 0.3) is 5.69 Å². The predicted octanol–water partition coefficient (Wildman–Crippen LogP) is 3.75. The lowest BCUT2D eigenvalue weighted by Crippen LogP contribution is -2.19. The Hall–Kier alpha value is -4.28. The van der Waals surface area contributed by atoms with Gasteiger partial charge in [-0.05, 0) is 31.0 Å². The molecule has 30 heavy (non-hydrogen) atoms. The Morgan fingerprint density at radius 1 is 1.10 bits per heavy atom. The van der Waals surface area contributed by atoms with Crippen LogP contribution in [0.3, 0.4) is 0 Å². The van der Waals surface area contributed by atoms with Crippen LogP contribution in [0, 0.1) is 34.1 Å². The average molecular weight is 411 g/mol. The highest BCUT2D eigenvalue weighted by atomic mass is 16.6. The first-order valence-corrected chi connectivity index (χ1v) is 8.72. The van der Waals surface area contributed by atoms with E-state index in [1.54, 1.807) is 6.07 Å². The molecule has 11 heteroatoms. The molecule has 1 heterocycles. The van der Waals surface area contributed by atoms with Crippen molar-refractivity contribution in [1.29, 1.82) is 0 Å². The zero-order valence-corrected chi connectivity index (χ0v) is 16.1. The molecule has 0 saturated carbocycles. The number of carbonyl (C=O) groups is 1. The molecule has 1 N–H and O–H groups in total. The number of nitro groups is 2. The number of nitrogens with zero attached hydrogens (tertiary/aromatic N) is 4. The van der Waals surface area contributed by atoms with Crippen LogP contribution in [0.1, 0.15) is 11.1 Å². The lowest BCUT2D eigenvalue weighted by atomic mass is 10.1. The largest absolute Gasteiger partial charge is 0.457 e. The summed E-state index contributed by atoms with van der Waals surface area (Å²) in [6.07, 6.45) is 2.14. The van der Waals surface area contributed by atoms with E-state index < -0.39 is 15.8 Å². The SMILES string of the molecule is Cc1ccc(C)c(Oc2cc(NC(=O)Cn3cc([N+](=O)[O-])cn3)cc([N+](=O)[O-])c2)c1. The molecule has 0 unspecified atom stereocenters. The zero-order chi connectivity index (χ0) is 21.8. The Balaban J connectivity index is 1.81. The first-order valence-electron chi connectivity index (χ1n) is 8.72. The molecule has 11 nitrogen and oxygen atoms in total. The van der Waals surface area contributed by atoms with Crippen molar-refractivity contribution in [1.82, 2.24) is 9.78 Å². The number of benzene rings is 2. The quantitative estimate of drug-likeness (QED) is 0.461. The van der Waals surface area contributed by atoms with Crippen LogP contribution in [0.5, 0.6) is 11.5 Å². The van der Waals surface area contributed by atoms with E-state index in [1.165, 1.54) is 18.2 Å². The van der Waals surface area contributed by atoms with E-state index in [4.69, 9.17) is 4.74 Å². The van der Waals surface area contributed by atoms with Gasteiger partial charge in [-0.3, -0.25) is 29.7 Å². The molecule has 0 radical (unpaired) electrons. The van der Waals surface area contributed by atoms with E-state index in [0.717, 1.165) is 28.2 Å². The fourth-order valence-corrected chi connectivity index (χ4v) is 2.65. The summed E-state index contributed by atoms with van der Waals surface area (Å²) in [6, 6.07) is 9.50. The van der Waals surface area contributed by atoms with Gasteiger partial charge in [0, 0.05) is 12.1 Å². The predicted molar refractivity (Wildman–Crippen MR) is 107 cm³/mol. The van der Waals surface area contributed by atoms with Gasteiger partial charge in [-0.15, -0.1) is 0 Å². The molecule has 2 aromatic carbocycles. The number of hydrogen-bond acceptors (Lipinski definition) is 7. The molecular formula is C19H17N5O6. The molecule has 0 atom stereocenters. The highest BCUT2D eigenvalue weighted by Crippen LogP contribution is 2.31. The Morgan fingerprint density at radius 3 is 2.50 bits per heavy atom. The molecule has 0 spiro atoms. The molecule has 0 saturated heterocycles. The number of anilines is 1. The number of aromatic nitrogens is 2. The van der Waals surface area contributed by atoms with Crippen molar-refractivity contribution in [3.63, 3.8) is 0 Å². The van der Waals surface area contributed by atoms with Crippen LogP contribution >= 0.6 is 0 Å². The Labute approximate surface area is 170 Å². The van der Waals surface area contributed by atoms with Crippen LogP contribution in [0.4, 0.5) is 17.1 Å². The molecule has 0 aliphatic carbocycles. The number of ether oxygens (including phenoxy) is 1. The summed E-state index contributed by atoms with van der Waals surface area (Å²) in [4.78, 5) is 33.0. The number of nitro benzene ring substituents is 1. The highest BCUT2D eigenvalue weighted by molar-refractivity contribution is 5.91. The molecule has 3 rings (SSSR count). The van der Waals surface area contributed by atoms with E-state index in [0.29, 0.717) is 5.75 Å². The zero-order valence-electron chi connectivity index (χ0n) is 16.1. The lowest BCUT2D eigenvalue weighted by molar-refractivity contribution is -0.385. The third-order valence-corrected chi connectivity index (χ3v) is 4.09. The fraction of sp³-hybridized carbons (Fsp3) is 0.158. The lowest BCUT2D eigenvalue weighted by Gasteiger charge is -2.12. The molecule has 0 fully saturated rings. The number of amides is 1. The number of aryl methyl sites for hydroxylation is 2. The van der Waals surface area contributed by atoms with E-state index in [9.17, 15) is 25.0 Å². The van der Waals surface area contributed by atoms with E-state index in [1.807, 2.05) is 26.0 Å². The second-order valence-electron chi connectivity index (χ2n) is 6.55. The van der Waals surface area contributed by atoms with Crippen molar-refractivity contribution in [2.75, 3.05) is 5.32 Å². The van der Waals surface area contributed by atoms with Crippen LogP contribution in [0.2, 0.25) is 0 Å². The summed E-state index contributed by atoms with van der Waals surface area (Å²) in [6.45, 7) is 3.44. The molecule has 154 valence electrons. The van der Waals surface area contributed by atoms with Gasteiger partial charge in [-0.25, -0.2) is 0 Å². The van der Waals surface area contributed by atoms with Crippen molar-refractivity contribution in [3.05, 3.63) is 80.1 Å². The molecule has 1 aromatic heterocycles. The number of carbonyl (C=O) groups excluding carboxylic acids is 1. The van der Waals surface area contributed by atoms with E-state index >= 15 is 0 Å². The minimum Gasteiger partial charge on any atom is -0.457 e. The van der Waals surface area contributed by atoms with Gasteiger partial charge in [0.2, 0.25) is 5.91 Å². The molecule has 3 aromatic rings. The molecule has 0 aliphatic rings. The number of non-ortho nitro benzene ring substituents is 1. The second-order valence-corrected chi connectivity index (χ2v) is 6.55. The first-order chi connectivity index (χ1) is 14.2. The molecular weight excluding hydrogens is 394 g/mol. The van der Waals surface area contributed by atoms with Crippen LogP contribution < -0.4 is 10.1 Å². The van der Waals surface area contributed by atoms with Crippen molar-refractivity contribution in [3.8, 4) is 11.5 Å². The molecule has 0 aliphatic heterocycles.